The van der Waals surface area contributed by atoms with E-state index in [1.54, 1.807) is 16.4 Å². The van der Waals surface area contributed by atoms with Crippen LogP contribution in [0.15, 0.2) is 35.2 Å². The Morgan fingerprint density at radius 2 is 1.71 bits per heavy atom. The van der Waals surface area contributed by atoms with Crippen molar-refractivity contribution in [2.75, 3.05) is 13.1 Å². The molecule has 4 heteroatoms. The zero-order chi connectivity index (χ0) is 10.0. The highest BCUT2D eigenvalue weighted by atomic mass is 32.2. The Morgan fingerprint density at radius 3 is 2.29 bits per heavy atom. The predicted octanol–water partition coefficient (Wildman–Crippen LogP) is 2.10. The number of nitrogens with one attached hydrogen (secondary N) is 1. The molecule has 0 radical (unpaired) electrons. The molecular formula is C10H14N2OS. The molecule has 1 heterocycles. The van der Waals surface area contributed by atoms with E-state index in [1.807, 2.05) is 18.2 Å². The Hall–Kier alpha value is -0.870. The van der Waals surface area contributed by atoms with Gasteiger partial charge in [-0.15, -0.1) is 0 Å². The molecule has 1 unspecified atom stereocenters. The lowest BCUT2D eigenvalue weighted by atomic mass is 10.4. The van der Waals surface area contributed by atoms with Crippen molar-refractivity contribution in [3.8, 4) is 0 Å². The highest BCUT2D eigenvalue weighted by molar-refractivity contribution is 7.90. The van der Waals surface area contributed by atoms with E-state index in [9.17, 15) is 4.21 Å². The van der Waals surface area contributed by atoms with E-state index in [1.165, 1.54) is 0 Å². The maximum atomic E-state index is 12.2. The van der Waals surface area contributed by atoms with Gasteiger partial charge in [0.1, 0.15) is 9.92 Å². The lowest BCUT2D eigenvalue weighted by molar-refractivity contribution is 0.524. The van der Waals surface area contributed by atoms with Gasteiger partial charge in [0.05, 0.1) is 4.90 Å². The van der Waals surface area contributed by atoms with Gasteiger partial charge in [0.25, 0.3) is 0 Å². The van der Waals surface area contributed by atoms with E-state index in [0.29, 0.717) is 4.90 Å². The first kappa shape index (κ1) is 9.68. The fourth-order valence-corrected chi connectivity index (χ4v) is 3.30. The molecule has 1 atom stereocenters. The summed E-state index contributed by atoms with van der Waals surface area (Å²) in [6, 6.07) is 9.09. The topological polar surface area (TPSA) is 44.2 Å². The van der Waals surface area contributed by atoms with E-state index in [0.717, 1.165) is 25.9 Å². The van der Waals surface area contributed by atoms with Crippen LogP contribution in [-0.2, 0) is 9.92 Å². The second-order valence-electron chi connectivity index (χ2n) is 3.48. The van der Waals surface area contributed by atoms with Crippen molar-refractivity contribution in [3.05, 3.63) is 30.3 Å². The molecule has 1 saturated heterocycles. The largest absolute Gasteiger partial charge is 0.236 e. The molecule has 1 N–H and O–H groups in total. The molecule has 1 fully saturated rings. The molecule has 0 saturated carbocycles. The third kappa shape index (κ3) is 1.67. The molecule has 1 aliphatic heterocycles. The zero-order valence-electron chi connectivity index (χ0n) is 7.98. The number of nitrogens with zero attached hydrogens (tertiary/aromatic N) is 1. The first-order chi connectivity index (χ1) is 6.71. The SMILES string of the molecule is N=S(=O)(c1ccccc1)N1CCCC1. The number of hydrogen-bond acceptors (Lipinski definition) is 2. The van der Waals surface area contributed by atoms with Crippen LogP contribution in [0.4, 0.5) is 0 Å². The van der Waals surface area contributed by atoms with Crippen LogP contribution in [-0.4, -0.2) is 21.6 Å². The Bertz CT molecular complexity index is 393. The van der Waals surface area contributed by atoms with Crippen LogP contribution in [0.25, 0.3) is 0 Å². The molecule has 0 aliphatic carbocycles. The van der Waals surface area contributed by atoms with E-state index in [4.69, 9.17) is 4.78 Å². The van der Waals surface area contributed by atoms with Gasteiger partial charge >= 0.3 is 0 Å². The van der Waals surface area contributed by atoms with Gasteiger partial charge in [0, 0.05) is 13.1 Å². The van der Waals surface area contributed by atoms with Crippen LogP contribution in [0.2, 0.25) is 0 Å². The predicted molar refractivity (Wildman–Crippen MR) is 56.4 cm³/mol. The minimum Gasteiger partial charge on any atom is -0.236 e. The van der Waals surface area contributed by atoms with Crippen molar-refractivity contribution >= 4 is 9.92 Å². The van der Waals surface area contributed by atoms with Gasteiger partial charge < -0.3 is 0 Å². The lowest BCUT2D eigenvalue weighted by Crippen LogP contribution is -2.26. The Kier molecular flexibility index (Phi) is 2.56. The smallest absolute Gasteiger partial charge is 0.137 e. The average Bonchev–Trinajstić information content (AvgIpc) is 2.72. The normalized spacial score (nSPS) is 22.0. The molecule has 2 rings (SSSR count). The third-order valence-electron chi connectivity index (χ3n) is 2.49. The average molecular weight is 210 g/mol. The van der Waals surface area contributed by atoms with Crippen molar-refractivity contribution in [1.29, 1.82) is 4.78 Å². The first-order valence-electron chi connectivity index (χ1n) is 4.80. The van der Waals surface area contributed by atoms with Gasteiger partial charge in [-0.05, 0) is 25.0 Å². The van der Waals surface area contributed by atoms with E-state index < -0.39 is 9.92 Å². The fourth-order valence-electron chi connectivity index (χ4n) is 1.70. The molecule has 0 amide bonds. The fraction of sp³-hybridized carbons (Fsp3) is 0.400. The summed E-state index contributed by atoms with van der Waals surface area (Å²) < 4.78 is 21.9. The second-order valence-corrected chi connectivity index (χ2v) is 5.51. The standard InChI is InChI=1S/C10H14N2OS/c11-14(13,12-8-4-5-9-12)10-6-2-1-3-7-10/h1-3,6-7,11H,4-5,8-9H2. The molecule has 0 bridgehead atoms. The van der Waals surface area contributed by atoms with Gasteiger partial charge in [-0.3, -0.25) is 0 Å². The van der Waals surface area contributed by atoms with Crippen molar-refractivity contribution in [3.63, 3.8) is 0 Å². The summed E-state index contributed by atoms with van der Waals surface area (Å²) >= 11 is 0. The minimum atomic E-state index is -2.71. The Morgan fingerprint density at radius 1 is 1.14 bits per heavy atom. The van der Waals surface area contributed by atoms with Crippen molar-refractivity contribution < 1.29 is 4.21 Å². The first-order valence-corrected chi connectivity index (χ1v) is 6.32. The molecule has 0 spiro atoms. The summed E-state index contributed by atoms with van der Waals surface area (Å²) in [6.07, 6.45) is 2.12. The molecule has 1 aromatic carbocycles. The lowest BCUT2D eigenvalue weighted by Gasteiger charge is -2.18. The molecule has 1 aliphatic rings. The summed E-state index contributed by atoms with van der Waals surface area (Å²) in [5, 5.41) is 0. The quantitative estimate of drug-likeness (QED) is 0.798. The van der Waals surface area contributed by atoms with Crippen LogP contribution in [0, 0.1) is 4.78 Å². The molecule has 0 aromatic heterocycles. The van der Waals surface area contributed by atoms with Gasteiger partial charge in [-0.25, -0.2) is 13.3 Å². The summed E-state index contributed by atoms with van der Waals surface area (Å²) in [6.45, 7) is 1.58. The maximum Gasteiger partial charge on any atom is 0.137 e. The van der Waals surface area contributed by atoms with Crippen LogP contribution >= 0.6 is 0 Å². The van der Waals surface area contributed by atoms with Gasteiger partial charge in [0.2, 0.25) is 0 Å². The molecule has 3 nitrogen and oxygen atoms in total. The zero-order valence-corrected chi connectivity index (χ0v) is 8.80. The van der Waals surface area contributed by atoms with Crippen LogP contribution in [0.1, 0.15) is 12.8 Å². The van der Waals surface area contributed by atoms with Gasteiger partial charge in [-0.2, -0.15) is 0 Å². The molecule has 1 aromatic rings. The Balaban J connectivity index is 2.33. The Labute approximate surface area is 84.8 Å². The molecular weight excluding hydrogens is 196 g/mol. The highest BCUT2D eigenvalue weighted by Crippen LogP contribution is 2.20. The van der Waals surface area contributed by atoms with Crippen molar-refractivity contribution in [2.24, 2.45) is 0 Å². The van der Waals surface area contributed by atoms with Crippen LogP contribution in [0.3, 0.4) is 0 Å². The maximum absolute atomic E-state index is 12.2. The van der Waals surface area contributed by atoms with E-state index in [-0.39, 0.29) is 0 Å². The third-order valence-corrected chi connectivity index (χ3v) is 4.49. The van der Waals surface area contributed by atoms with E-state index >= 15 is 0 Å². The van der Waals surface area contributed by atoms with Crippen molar-refractivity contribution in [1.82, 2.24) is 4.31 Å². The summed E-state index contributed by atoms with van der Waals surface area (Å²) in [4.78, 5) is 0.627. The summed E-state index contributed by atoms with van der Waals surface area (Å²) in [7, 11) is -2.71. The van der Waals surface area contributed by atoms with Gasteiger partial charge in [-0.1, -0.05) is 18.2 Å². The second kappa shape index (κ2) is 3.71. The summed E-state index contributed by atoms with van der Waals surface area (Å²) in [5.74, 6) is 0. The van der Waals surface area contributed by atoms with E-state index in [2.05, 4.69) is 0 Å². The minimum absolute atomic E-state index is 0.627. The monoisotopic (exact) mass is 210 g/mol. The molecule has 14 heavy (non-hydrogen) atoms. The number of benzene rings is 1. The van der Waals surface area contributed by atoms with Crippen LogP contribution in [0.5, 0.6) is 0 Å². The van der Waals surface area contributed by atoms with Gasteiger partial charge in [0.15, 0.2) is 0 Å². The number of rotatable bonds is 2. The number of hydrogen-bond donors (Lipinski definition) is 1. The highest BCUT2D eigenvalue weighted by Gasteiger charge is 2.23. The van der Waals surface area contributed by atoms with Crippen LogP contribution < -0.4 is 0 Å². The van der Waals surface area contributed by atoms with Crippen molar-refractivity contribution in [2.45, 2.75) is 17.7 Å². The summed E-state index contributed by atoms with van der Waals surface area (Å²) in [5.41, 5.74) is 0. The molecule has 76 valence electrons.